The average molecular weight is 420 g/mol. The zero-order valence-electron chi connectivity index (χ0n) is 15.9. The van der Waals surface area contributed by atoms with E-state index in [1.54, 1.807) is 6.92 Å². The monoisotopic (exact) mass is 419 g/mol. The van der Waals surface area contributed by atoms with E-state index in [9.17, 15) is 24.0 Å². The molecule has 28 heavy (non-hydrogen) atoms. The van der Waals surface area contributed by atoms with Crippen molar-refractivity contribution in [3.05, 3.63) is 0 Å². The number of amides is 4. The molecule has 8 N–H and O–H groups in total. The molecule has 160 valence electrons. The number of carbonyl (C=O) groups is 5. The normalized spacial score (nSPS) is 14.9. The summed E-state index contributed by atoms with van der Waals surface area (Å²) in [5, 5.41) is 16.1. The third-order valence-electron chi connectivity index (χ3n) is 4.06. The first kappa shape index (κ1) is 25.7. The summed E-state index contributed by atoms with van der Waals surface area (Å²) >= 11 is 3.93. The summed E-state index contributed by atoms with van der Waals surface area (Å²) in [6.07, 6.45) is 0.198. The second-order valence-electron chi connectivity index (χ2n) is 6.34. The number of thiol groups is 1. The molecule has 0 bridgehead atoms. The molecule has 12 heteroatoms. The first-order valence-electron chi connectivity index (χ1n) is 8.78. The molecule has 0 aromatic rings. The van der Waals surface area contributed by atoms with Gasteiger partial charge < -0.3 is 32.5 Å². The van der Waals surface area contributed by atoms with E-state index in [0.29, 0.717) is 6.42 Å². The number of carboxylic acids is 1. The van der Waals surface area contributed by atoms with Gasteiger partial charge in [-0.15, -0.1) is 0 Å². The van der Waals surface area contributed by atoms with Crippen LogP contribution in [0.15, 0.2) is 0 Å². The Bertz CT molecular complexity index is 588. The third kappa shape index (κ3) is 9.55. The second kappa shape index (κ2) is 12.9. The first-order valence-corrected chi connectivity index (χ1v) is 9.41. The van der Waals surface area contributed by atoms with E-state index < -0.39 is 54.3 Å². The average Bonchev–Trinajstić information content (AvgIpc) is 2.65. The summed E-state index contributed by atoms with van der Waals surface area (Å²) in [6.45, 7) is 3.08. The Labute approximate surface area is 168 Å². The minimum absolute atomic E-state index is 0.102. The fourth-order valence-electron chi connectivity index (χ4n) is 2.11. The number of carbonyl (C=O) groups excluding carboxylic acids is 4. The first-order chi connectivity index (χ1) is 13.0. The Morgan fingerprint density at radius 2 is 1.71 bits per heavy atom. The lowest BCUT2D eigenvalue weighted by atomic mass is 9.98. The molecule has 4 amide bonds. The Kier molecular flexibility index (Phi) is 11.9. The summed E-state index contributed by atoms with van der Waals surface area (Å²) in [5.74, 6) is -4.06. The minimum atomic E-state index is -1.33. The van der Waals surface area contributed by atoms with E-state index >= 15 is 0 Å². The van der Waals surface area contributed by atoms with Gasteiger partial charge in [0.2, 0.25) is 23.6 Å². The molecule has 0 aliphatic rings. The van der Waals surface area contributed by atoms with E-state index in [4.69, 9.17) is 16.6 Å². The van der Waals surface area contributed by atoms with Crippen molar-refractivity contribution in [1.29, 1.82) is 0 Å². The van der Waals surface area contributed by atoms with Crippen LogP contribution in [0.25, 0.3) is 0 Å². The van der Waals surface area contributed by atoms with Gasteiger partial charge in [-0.1, -0.05) is 20.3 Å². The molecule has 0 saturated heterocycles. The van der Waals surface area contributed by atoms with Crippen molar-refractivity contribution in [1.82, 2.24) is 16.0 Å². The second-order valence-corrected chi connectivity index (χ2v) is 6.71. The topological polar surface area (TPSA) is 194 Å². The van der Waals surface area contributed by atoms with Gasteiger partial charge >= 0.3 is 5.97 Å². The highest BCUT2D eigenvalue weighted by molar-refractivity contribution is 7.80. The van der Waals surface area contributed by atoms with Crippen molar-refractivity contribution >= 4 is 42.2 Å². The molecule has 0 aliphatic carbocycles. The quantitative estimate of drug-likeness (QED) is 0.163. The predicted octanol–water partition coefficient (Wildman–Crippen LogP) is -2.27. The summed E-state index contributed by atoms with van der Waals surface area (Å²) in [5.41, 5.74) is 10.6. The van der Waals surface area contributed by atoms with Gasteiger partial charge in [0.25, 0.3) is 0 Å². The molecular formula is C16H29N5O6S. The minimum Gasteiger partial charge on any atom is -0.480 e. The molecule has 4 unspecified atom stereocenters. The van der Waals surface area contributed by atoms with Crippen molar-refractivity contribution < 1.29 is 29.1 Å². The highest BCUT2D eigenvalue weighted by atomic mass is 32.1. The third-order valence-corrected chi connectivity index (χ3v) is 4.46. The Morgan fingerprint density at radius 1 is 1.11 bits per heavy atom. The highest BCUT2D eigenvalue weighted by Crippen LogP contribution is 2.08. The molecule has 0 saturated carbocycles. The molecule has 4 atom stereocenters. The van der Waals surface area contributed by atoms with Crippen molar-refractivity contribution in [2.45, 2.75) is 51.2 Å². The van der Waals surface area contributed by atoms with Gasteiger partial charge in [0.15, 0.2) is 0 Å². The standard InChI is InChI=1S/C16H29N5O6S/c1-3-8(2)13(21-14(24)9(17)7-28)15(25)19-6-12(23)20-10(16(26)27)4-5-11(18)22/h8-10,13,28H,3-7,17H2,1-2H3,(H2,18,22)(H,19,25)(H,20,23)(H,21,24)(H,26,27). The van der Waals surface area contributed by atoms with Crippen LogP contribution in [0.4, 0.5) is 0 Å². The molecule has 0 aromatic heterocycles. The molecule has 0 heterocycles. The van der Waals surface area contributed by atoms with Crippen LogP contribution < -0.4 is 27.4 Å². The maximum Gasteiger partial charge on any atom is 0.326 e. The number of hydrogen-bond donors (Lipinski definition) is 7. The maximum absolute atomic E-state index is 12.4. The largest absolute Gasteiger partial charge is 0.480 e. The lowest BCUT2D eigenvalue weighted by molar-refractivity contribution is -0.142. The van der Waals surface area contributed by atoms with Gasteiger partial charge in [-0.25, -0.2) is 4.79 Å². The molecule has 0 radical (unpaired) electrons. The molecule has 11 nitrogen and oxygen atoms in total. The van der Waals surface area contributed by atoms with Gasteiger partial charge in [0.05, 0.1) is 12.6 Å². The number of nitrogens with one attached hydrogen (secondary N) is 3. The summed E-state index contributed by atoms with van der Waals surface area (Å²) in [6, 6.07) is -3.11. The highest BCUT2D eigenvalue weighted by Gasteiger charge is 2.28. The summed E-state index contributed by atoms with van der Waals surface area (Å²) in [4.78, 5) is 58.1. The Balaban J connectivity index is 4.81. The van der Waals surface area contributed by atoms with Crippen LogP contribution in [0.3, 0.4) is 0 Å². The van der Waals surface area contributed by atoms with Gasteiger partial charge in [-0.3, -0.25) is 19.2 Å². The van der Waals surface area contributed by atoms with Gasteiger partial charge in [-0.2, -0.15) is 12.6 Å². The molecular weight excluding hydrogens is 390 g/mol. The van der Waals surface area contributed by atoms with Gasteiger partial charge in [0.1, 0.15) is 12.1 Å². The summed E-state index contributed by atoms with van der Waals surface area (Å²) < 4.78 is 0. The van der Waals surface area contributed by atoms with Crippen molar-refractivity contribution in [2.24, 2.45) is 17.4 Å². The van der Waals surface area contributed by atoms with Crippen molar-refractivity contribution in [3.63, 3.8) is 0 Å². The number of aliphatic carboxylic acids is 1. The smallest absolute Gasteiger partial charge is 0.326 e. The van der Waals surface area contributed by atoms with Gasteiger partial charge in [0, 0.05) is 12.2 Å². The number of rotatable bonds is 13. The SMILES string of the molecule is CCC(C)C(NC(=O)C(N)CS)C(=O)NCC(=O)NC(CCC(N)=O)C(=O)O. The van der Waals surface area contributed by atoms with E-state index in [2.05, 4.69) is 28.6 Å². The zero-order chi connectivity index (χ0) is 21.9. The van der Waals surface area contributed by atoms with E-state index in [0.717, 1.165) is 0 Å². The van der Waals surface area contributed by atoms with Crippen LogP contribution in [0.5, 0.6) is 0 Å². The fraction of sp³-hybridized carbons (Fsp3) is 0.688. The van der Waals surface area contributed by atoms with Crippen molar-refractivity contribution in [2.75, 3.05) is 12.3 Å². The van der Waals surface area contributed by atoms with E-state index in [1.807, 2.05) is 6.92 Å². The van der Waals surface area contributed by atoms with E-state index in [1.165, 1.54) is 0 Å². The van der Waals surface area contributed by atoms with Crippen LogP contribution in [0, 0.1) is 5.92 Å². The number of carboxylic acid groups (broad SMARTS) is 1. The number of primary amides is 1. The van der Waals surface area contributed by atoms with Crippen LogP contribution in [-0.4, -0.2) is 65.1 Å². The molecule has 0 aliphatic heterocycles. The lowest BCUT2D eigenvalue weighted by Crippen LogP contribution is -2.56. The molecule has 0 spiro atoms. The summed E-state index contributed by atoms with van der Waals surface area (Å²) in [7, 11) is 0. The fourth-order valence-corrected chi connectivity index (χ4v) is 2.28. The van der Waals surface area contributed by atoms with Crippen LogP contribution in [0.1, 0.15) is 33.1 Å². The molecule has 0 aromatic carbocycles. The van der Waals surface area contributed by atoms with Crippen molar-refractivity contribution in [3.8, 4) is 0 Å². The number of nitrogens with two attached hydrogens (primary N) is 2. The number of hydrogen-bond acceptors (Lipinski definition) is 7. The zero-order valence-corrected chi connectivity index (χ0v) is 16.8. The van der Waals surface area contributed by atoms with Crippen LogP contribution >= 0.6 is 12.6 Å². The lowest BCUT2D eigenvalue weighted by Gasteiger charge is -2.24. The van der Waals surface area contributed by atoms with Crippen LogP contribution in [0.2, 0.25) is 0 Å². The van der Waals surface area contributed by atoms with E-state index in [-0.39, 0.29) is 24.5 Å². The maximum atomic E-state index is 12.4. The molecule has 0 rings (SSSR count). The van der Waals surface area contributed by atoms with Crippen LogP contribution in [-0.2, 0) is 24.0 Å². The molecule has 0 fully saturated rings. The predicted molar refractivity (Wildman–Crippen MR) is 104 cm³/mol. The Morgan fingerprint density at radius 3 is 2.18 bits per heavy atom. The van der Waals surface area contributed by atoms with Gasteiger partial charge in [-0.05, 0) is 12.3 Å². The Hall–Kier alpha value is -2.34.